The van der Waals surface area contributed by atoms with Gasteiger partial charge in [-0.3, -0.25) is 4.57 Å². The van der Waals surface area contributed by atoms with Crippen molar-refractivity contribution in [1.82, 2.24) is 24.9 Å². The van der Waals surface area contributed by atoms with Crippen LogP contribution in [0.5, 0.6) is 5.75 Å². The quantitative estimate of drug-likeness (QED) is 0.384. The molecule has 2 heterocycles. The first-order valence-electron chi connectivity index (χ1n) is 9.98. The average Bonchev–Trinajstić information content (AvgIpc) is 3.40. The van der Waals surface area contributed by atoms with Crippen LogP contribution in [0.25, 0.3) is 17.1 Å². The Morgan fingerprint density at radius 2 is 1.71 bits per heavy atom. The molecule has 0 bridgehead atoms. The maximum Gasteiger partial charge on any atom is 0.237 e. The molecule has 31 heavy (non-hydrogen) atoms. The van der Waals surface area contributed by atoms with Gasteiger partial charge in [0, 0.05) is 16.7 Å². The maximum absolute atomic E-state index is 5.44. The van der Waals surface area contributed by atoms with E-state index < -0.39 is 0 Å². The minimum absolute atomic E-state index is 0.157. The Hall–Kier alpha value is -3.13. The summed E-state index contributed by atoms with van der Waals surface area (Å²) in [6.45, 7) is 8.25. The van der Waals surface area contributed by atoms with Gasteiger partial charge in [0.25, 0.3) is 0 Å². The molecule has 160 valence electrons. The van der Waals surface area contributed by atoms with Crippen molar-refractivity contribution in [3.05, 3.63) is 65.8 Å². The second kappa shape index (κ2) is 8.55. The number of aromatic nitrogens is 5. The normalized spacial score (nSPS) is 11.6. The van der Waals surface area contributed by atoms with Crippen LogP contribution in [0.3, 0.4) is 0 Å². The van der Waals surface area contributed by atoms with Crippen LogP contribution in [0.2, 0.25) is 0 Å². The van der Waals surface area contributed by atoms with E-state index in [1.54, 1.807) is 7.11 Å². The van der Waals surface area contributed by atoms with E-state index in [4.69, 9.17) is 9.26 Å². The van der Waals surface area contributed by atoms with Crippen molar-refractivity contribution in [2.24, 2.45) is 0 Å². The summed E-state index contributed by atoms with van der Waals surface area (Å²) in [6.07, 6.45) is 0. The molecule has 4 rings (SSSR count). The fraction of sp³-hybridized carbons (Fsp3) is 0.304. The monoisotopic (exact) mass is 435 g/mol. The van der Waals surface area contributed by atoms with Crippen molar-refractivity contribution in [1.29, 1.82) is 0 Å². The molecule has 2 aromatic heterocycles. The van der Waals surface area contributed by atoms with E-state index in [0.717, 1.165) is 28.0 Å². The lowest BCUT2D eigenvalue weighted by atomic mass is 9.96. The molecular formula is C23H25N5O2S. The molecule has 0 saturated heterocycles. The predicted molar refractivity (Wildman–Crippen MR) is 121 cm³/mol. The van der Waals surface area contributed by atoms with Crippen molar-refractivity contribution in [3.8, 4) is 22.8 Å². The molecule has 2 aromatic carbocycles. The third-order valence-corrected chi connectivity index (χ3v) is 5.65. The molecule has 0 spiro atoms. The second-order valence-corrected chi connectivity index (χ2v) is 9.20. The van der Waals surface area contributed by atoms with Gasteiger partial charge in [-0.25, -0.2) is 0 Å². The van der Waals surface area contributed by atoms with Crippen LogP contribution in [0, 0.1) is 6.92 Å². The molecule has 0 radical (unpaired) electrons. The third kappa shape index (κ3) is 4.64. The molecule has 0 atom stereocenters. The summed E-state index contributed by atoms with van der Waals surface area (Å²) in [5.74, 6) is 3.33. The first-order valence-corrected chi connectivity index (χ1v) is 11.0. The molecule has 8 heteroatoms. The molecule has 0 N–H and O–H groups in total. The van der Waals surface area contributed by atoms with Gasteiger partial charge in [-0.05, 0) is 43.3 Å². The summed E-state index contributed by atoms with van der Waals surface area (Å²) >= 11 is 1.51. The Bertz CT molecular complexity index is 1160. The standard InChI is InChI=1S/C23H25N5O2S/c1-15-6-10-17(11-7-15)28-20(16-8-12-18(29-5)13-9-16)25-26-22(28)31-14-19-24-21(27-30-19)23(2,3)4/h6-13H,14H2,1-5H3. The van der Waals surface area contributed by atoms with E-state index in [1.807, 2.05) is 28.8 Å². The summed E-state index contributed by atoms with van der Waals surface area (Å²) in [4.78, 5) is 4.52. The first-order chi connectivity index (χ1) is 14.8. The first kappa shape index (κ1) is 21.1. The van der Waals surface area contributed by atoms with E-state index in [-0.39, 0.29) is 5.41 Å². The van der Waals surface area contributed by atoms with Gasteiger partial charge >= 0.3 is 0 Å². The van der Waals surface area contributed by atoms with Gasteiger partial charge < -0.3 is 9.26 Å². The Labute approximate surface area is 185 Å². The highest BCUT2D eigenvalue weighted by Gasteiger charge is 2.22. The molecule has 0 aliphatic heterocycles. The lowest BCUT2D eigenvalue weighted by Gasteiger charge is -2.11. The third-order valence-electron chi connectivity index (χ3n) is 4.74. The Balaban J connectivity index is 1.67. The Kier molecular flexibility index (Phi) is 5.82. The van der Waals surface area contributed by atoms with Crippen LogP contribution in [-0.4, -0.2) is 32.0 Å². The van der Waals surface area contributed by atoms with Gasteiger partial charge in [-0.1, -0.05) is 55.4 Å². The highest BCUT2D eigenvalue weighted by Crippen LogP contribution is 2.31. The molecule has 0 amide bonds. The fourth-order valence-corrected chi connectivity index (χ4v) is 3.75. The van der Waals surface area contributed by atoms with Gasteiger partial charge in [0.1, 0.15) is 5.75 Å². The van der Waals surface area contributed by atoms with E-state index in [0.29, 0.717) is 17.5 Å². The summed E-state index contributed by atoms with van der Waals surface area (Å²) in [6, 6.07) is 16.1. The predicted octanol–water partition coefficient (Wildman–Crippen LogP) is 5.22. The molecule has 0 fully saturated rings. The van der Waals surface area contributed by atoms with Gasteiger partial charge in [0.15, 0.2) is 16.8 Å². The number of rotatable bonds is 6. The molecule has 7 nitrogen and oxygen atoms in total. The summed E-state index contributed by atoms with van der Waals surface area (Å²) in [5.41, 5.74) is 2.98. The fourth-order valence-electron chi connectivity index (χ4n) is 2.96. The van der Waals surface area contributed by atoms with E-state index in [2.05, 4.69) is 72.3 Å². The SMILES string of the molecule is COc1ccc(-c2nnc(SCc3nc(C(C)(C)C)no3)n2-c2ccc(C)cc2)cc1. The maximum atomic E-state index is 5.44. The van der Waals surface area contributed by atoms with Crippen molar-refractivity contribution < 1.29 is 9.26 Å². The number of hydrogen-bond donors (Lipinski definition) is 0. The molecular weight excluding hydrogens is 410 g/mol. The summed E-state index contributed by atoms with van der Waals surface area (Å²) < 4.78 is 12.8. The number of benzene rings is 2. The van der Waals surface area contributed by atoms with E-state index in [1.165, 1.54) is 17.3 Å². The second-order valence-electron chi connectivity index (χ2n) is 8.26. The number of hydrogen-bond acceptors (Lipinski definition) is 7. The van der Waals surface area contributed by atoms with Gasteiger partial charge in [0.05, 0.1) is 12.9 Å². The van der Waals surface area contributed by atoms with Crippen molar-refractivity contribution in [2.45, 2.75) is 44.0 Å². The molecule has 0 saturated carbocycles. The lowest BCUT2D eigenvalue weighted by molar-refractivity contribution is 0.372. The van der Waals surface area contributed by atoms with Gasteiger partial charge in [-0.2, -0.15) is 4.98 Å². The number of thioether (sulfide) groups is 1. The minimum Gasteiger partial charge on any atom is -0.497 e. The van der Waals surface area contributed by atoms with Crippen LogP contribution < -0.4 is 4.74 Å². The van der Waals surface area contributed by atoms with Crippen LogP contribution >= 0.6 is 11.8 Å². The van der Waals surface area contributed by atoms with Crippen LogP contribution in [0.4, 0.5) is 0 Å². The zero-order valence-corrected chi connectivity index (χ0v) is 19.1. The largest absolute Gasteiger partial charge is 0.497 e. The van der Waals surface area contributed by atoms with Crippen LogP contribution in [0.1, 0.15) is 38.0 Å². The highest BCUT2D eigenvalue weighted by atomic mass is 32.2. The highest BCUT2D eigenvalue weighted by molar-refractivity contribution is 7.98. The number of aryl methyl sites for hydroxylation is 1. The molecule has 4 aromatic rings. The van der Waals surface area contributed by atoms with E-state index in [9.17, 15) is 0 Å². The van der Waals surface area contributed by atoms with E-state index >= 15 is 0 Å². The van der Waals surface area contributed by atoms with Crippen molar-refractivity contribution in [3.63, 3.8) is 0 Å². The number of ether oxygens (including phenoxy) is 1. The number of methoxy groups -OCH3 is 1. The molecule has 0 aliphatic carbocycles. The molecule has 0 aliphatic rings. The topological polar surface area (TPSA) is 78.9 Å². The van der Waals surface area contributed by atoms with Crippen molar-refractivity contribution in [2.75, 3.05) is 7.11 Å². The summed E-state index contributed by atoms with van der Waals surface area (Å²) in [7, 11) is 1.65. The van der Waals surface area contributed by atoms with Gasteiger partial charge in [0.2, 0.25) is 5.89 Å². The Morgan fingerprint density at radius 3 is 2.32 bits per heavy atom. The average molecular weight is 436 g/mol. The lowest BCUT2D eigenvalue weighted by Crippen LogP contribution is -2.13. The zero-order valence-electron chi connectivity index (χ0n) is 18.3. The zero-order chi connectivity index (χ0) is 22.0. The smallest absolute Gasteiger partial charge is 0.237 e. The Morgan fingerprint density at radius 1 is 1.00 bits per heavy atom. The summed E-state index contributed by atoms with van der Waals surface area (Å²) in [5, 5.41) is 13.8. The minimum atomic E-state index is -0.157. The van der Waals surface area contributed by atoms with Crippen LogP contribution in [-0.2, 0) is 11.2 Å². The molecule has 0 unspecified atom stereocenters. The van der Waals surface area contributed by atoms with Crippen LogP contribution in [0.15, 0.2) is 58.2 Å². The van der Waals surface area contributed by atoms with Gasteiger partial charge in [-0.15, -0.1) is 10.2 Å². The number of nitrogens with zero attached hydrogens (tertiary/aromatic N) is 5. The van der Waals surface area contributed by atoms with Crippen molar-refractivity contribution >= 4 is 11.8 Å².